The normalized spacial score (nSPS) is 11.7. The highest BCUT2D eigenvalue weighted by Crippen LogP contribution is 2.43. The molecule has 0 bridgehead atoms. The molecule has 0 saturated carbocycles. The molecule has 0 fully saturated rings. The molecule has 4 aromatic heterocycles. The van der Waals surface area contributed by atoms with E-state index in [0.717, 1.165) is 99.6 Å². The molecule has 0 unspecified atom stereocenters. The van der Waals surface area contributed by atoms with Crippen LogP contribution in [0.4, 0.5) is 0 Å². The average Bonchev–Trinajstić information content (AvgIpc) is 3.99. The summed E-state index contributed by atoms with van der Waals surface area (Å²) in [6.45, 7) is 0. The molecular formula is C64H39N5O. The Hall–Kier alpha value is -9.52. The number of fused-ring (bicyclic) bond motifs is 10. The first kappa shape index (κ1) is 39.6. The molecule has 14 aromatic rings. The molecule has 0 amide bonds. The molecule has 10 aromatic carbocycles. The second-order valence-corrected chi connectivity index (χ2v) is 17.7. The molecule has 4 heterocycles. The molecule has 0 aliphatic rings. The highest BCUT2D eigenvalue weighted by atomic mass is 16.3. The van der Waals surface area contributed by atoms with Crippen LogP contribution in [0.15, 0.2) is 241 Å². The van der Waals surface area contributed by atoms with Crippen LogP contribution in [0.3, 0.4) is 0 Å². The van der Waals surface area contributed by atoms with E-state index in [9.17, 15) is 0 Å². The van der Waals surface area contributed by atoms with Gasteiger partial charge in [0.25, 0.3) is 0 Å². The minimum absolute atomic E-state index is 0.592. The number of aromatic nitrogens is 5. The van der Waals surface area contributed by atoms with Crippen LogP contribution < -0.4 is 0 Å². The van der Waals surface area contributed by atoms with Crippen molar-refractivity contribution in [2.75, 3.05) is 0 Å². The third-order valence-corrected chi connectivity index (χ3v) is 13.6. The monoisotopic (exact) mass is 893 g/mol. The standard InChI is InChI=1S/C64H39N5O/c1-4-16-41(17-5-1)60-53-36-37-56-59(52-25-10-12-28-55(52)69(56)47-22-8-3-9-23-47)58(53)51-35-34-44(39-54(51)65-60)40-30-32-43(33-31-40)63-66-62(42-18-6-2-7-19-42)67-64(68-63)46-21-14-20-45(38-46)48-26-15-27-50-49-24-11-13-29-57(49)70-61(48)50/h1-39H. The van der Waals surface area contributed by atoms with Crippen LogP contribution in [0, 0.1) is 0 Å². The van der Waals surface area contributed by atoms with E-state index < -0.39 is 0 Å². The zero-order valence-corrected chi connectivity index (χ0v) is 37.7. The molecule has 0 N–H and O–H groups in total. The molecule has 14 rings (SSSR count). The van der Waals surface area contributed by atoms with Crippen molar-refractivity contribution in [3.8, 4) is 73.4 Å². The molecule has 6 nitrogen and oxygen atoms in total. The molecule has 6 heteroatoms. The van der Waals surface area contributed by atoms with Gasteiger partial charge in [0, 0.05) is 71.2 Å². The Morgan fingerprint density at radius 2 is 0.886 bits per heavy atom. The lowest BCUT2D eigenvalue weighted by Crippen LogP contribution is -2.00. The van der Waals surface area contributed by atoms with Gasteiger partial charge in [-0.2, -0.15) is 0 Å². The number of para-hydroxylation sites is 4. The summed E-state index contributed by atoms with van der Waals surface area (Å²) in [5.41, 5.74) is 15.0. The fraction of sp³-hybridized carbons (Fsp3) is 0. The van der Waals surface area contributed by atoms with Gasteiger partial charge in [-0.15, -0.1) is 0 Å². The fourth-order valence-corrected chi connectivity index (χ4v) is 10.4. The first-order valence-electron chi connectivity index (χ1n) is 23.5. The summed E-state index contributed by atoms with van der Waals surface area (Å²) in [7, 11) is 0. The zero-order chi connectivity index (χ0) is 46.1. The van der Waals surface area contributed by atoms with Gasteiger partial charge in [-0.1, -0.05) is 194 Å². The minimum Gasteiger partial charge on any atom is -0.455 e. The summed E-state index contributed by atoms with van der Waals surface area (Å²) in [6.07, 6.45) is 0. The zero-order valence-electron chi connectivity index (χ0n) is 37.7. The number of rotatable bonds is 7. The Balaban J connectivity index is 0.888. The number of nitrogens with zero attached hydrogens (tertiary/aromatic N) is 5. The van der Waals surface area contributed by atoms with Crippen LogP contribution in [0.5, 0.6) is 0 Å². The van der Waals surface area contributed by atoms with Crippen molar-refractivity contribution in [1.29, 1.82) is 0 Å². The predicted molar refractivity (Wildman–Crippen MR) is 287 cm³/mol. The molecular weight excluding hydrogens is 855 g/mol. The maximum absolute atomic E-state index is 6.44. The van der Waals surface area contributed by atoms with Crippen molar-refractivity contribution < 1.29 is 4.42 Å². The summed E-state index contributed by atoms with van der Waals surface area (Å²) in [5.74, 6) is 1.80. The van der Waals surface area contributed by atoms with Crippen molar-refractivity contribution in [3.05, 3.63) is 237 Å². The van der Waals surface area contributed by atoms with E-state index in [-0.39, 0.29) is 0 Å². The van der Waals surface area contributed by atoms with Gasteiger partial charge in [0.2, 0.25) is 0 Å². The van der Waals surface area contributed by atoms with E-state index in [0.29, 0.717) is 17.5 Å². The molecule has 0 spiro atoms. The van der Waals surface area contributed by atoms with Gasteiger partial charge in [-0.05, 0) is 59.2 Å². The molecule has 0 aliphatic carbocycles. The maximum atomic E-state index is 6.44. The second-order valence-electron chi connectivity index (χ2n) is 17.7. The van der Waals surface area contributed by atoms with Crippen molar-refractivity contribution in [3.63, 3.8) is 0 Å². The highest BCUT2D eigenvalue weighted by molar-refractivity contribution is 6.29. The number of pyridine rings is 1. The molecule has 0 saturated heterocycles. The Bertz CT molecular complexity index is 4330. The number of hydrogen-bond donors (Lipinski definition) is 0. The Morgan fingerprint density at radius 1 is 0.314 bits per heavy atom. The topological polar surface area (TPSA) is 69.6 Å². The van der Waals surface area contributed by atoms with E-state index in [1.165, 1.54) is 21.7 Å². The predicted octanol–water partition coefficient (Wildman–Crippen LogP) is 16.6. The molecule has 0 radical (unpaired) electrons. The minimum atomic E-state index is 0.592. The summed E-state index contributed by atoms with van der Waals surface area (Å²) in [4.78, 5) is 20.8. The smallest absolute Gasteiger partial charge is 0.164 e. The lowest BCUT2D eigenvalue weighted by Gasteiger charge is -2.14. The van der Waals surface area contributed by atoms with Crippen LogP contribution in [-0.2, 0) is 0 Å². The van der Waals surface area contributed by atoms with Gasteiger partial charge >= 0.3 is 0 Å². The molecule has 326 valence electrons. The third-order valence-electron chi connectivity index (χ3n) is 13.6. The van der Waals surface area contributed by atoms with Crippen LogP contribution >= 0.6 is 0 Å². The van der Waals surface area contributed by atoms with Gasteiger partial charge in [0.15, 0.2) is 17.5 Å². The van der Waals surface area contributed by atoms with Crippen LogP contribution in [-0.4, -0.2) is 24.5 Å². The SMILES string of the molecule is c1ccc(-c2nc(-c3ccc(-c4ccc5c(c4)nc(-c4ccccc4)c4ccc6c(c7ccccc7n6-c6ccccc6)c45)cc3)nc(-c3cccc(-c4cccc5c4oc4ccccc45)c3)n2)cc1. The van der Waals surface area contributed by atoms with Crippen molar-refractivity contribution in [2.45, 2.75) is 0 Å². The van der Waals surface area contributed by atoms with Crippen LogP contribution in [0.2, 0.25) is 0 Å². The van der Waals surface area contributed by atoms with E-state index >= 15 is 0 Å². The fourth-order valence-electron chi connectivity index (χ4n) is 10.4. The molecule has 70 heavy (non-hydrogen) atoms. The highest BCUT2D eigenvalue weighted by Gasteiger charge is 2.21. The second kappa shape index (κ2) is 16.1. The summed E-state index contributed by atoms with van der Waals surface area (Å²) >= 11 is 0. The average molecular weight is 894 g/mol. The lowest BCUT2D eigenvalue weighted by molar-refractivity contribution is 0.670. The van der Waals surface area contributed by atoms with Crippen molar-refractivity contribution in [1.82, 2.24) is 24.5 Å². The largest absolute Gasteiger partial charge is 0.455 e. The van der Waals surface area contributed by atoms with E-state index in [1.54, 1.807) is 0 Å². The summed E-state index contributed by atoms with van der Waals surface area (Å²) in [5, 5.41) is 8.06. The van der Waals surface area contributed by atoms with Crippen LogP contribution in [0.25, 0.3) is 139 Å². The van der Waals surface area contributed by atoms with Gasteiger partial charge in [-0.25, -0.2) is 19.9 Å². The first-order valence-corrected chi connectivity index (χ1v) is 23.5. The van der Waals surface area contributed by atoms with Gasteiger partial charge < -0.3 is 8.98 Å². The van der Waals surface area contributed by atoms with E-state index in [4.69, 9.17) is 24.4 Å². The van der Waals surface area contributed by atoms with Crippen molar-refractivity contribution >= 4 is 65.4 Å². The van der Waals surface area contributed by atoms with Crippen molar-refractivity contribution in [2.24, 2.45) is 0 Å². The molecule has 0 atom stereocenters. The van der Waals surface area contributed by atoms with E-state index in [2.05, 4.69) is 193 Å². The molecule has 0 aliphatic heterocycles. The number of hydrogen-bond acceptors (Lipinski definition) is 5. The van der Waals surface area contributed by atoms with Gasteiger partial charge in [0.05, 0.1) is 22.2 Å². The maximum Gasteiger partial charge on any atom is 0.164 e. The van der Waals surface area contributed by atoms with E-state index in [1.807, 2.05) is 48.5 Å². The third kappa shape index (κ3) is 6.49. The quantitative estimate of drug-likeness (QED) is 0.149. The Labute approximate surface area is 402 Å². The Kier molecular flexibility index (Phi) is 9.10. The summed E-state index contributed by atoms with van der Waals surface area (Å²) in [6, 6.07) is 82.7. The number of benzene rings is 10. The van der Waals surface area contributed by atoms with Crippen LogP contribution in [0.1, 0.15) is 0 Å². The van der Waals surface area contributed by atoms with Gasteiger partial charge in [-0.3, -0.25) is 0 Å². The lowest BCUT2D eigenvalue weighted by atomic mass is 9.94. The Morgan fingerprint density at radius 3 is 1.67 bits per heavy atom. The van der Waals surface area contributed by atoms with Gasteiger partial charge in [0.1, 0.15) is 11.2 Å². The number of furan rings is 1. The summed E-state index contributed by atoms with van der Waals surface area (Å²) < 4.78 is 8.82. The first-order chi connectivity index (χ1) is 34.7.